The molecule has 24 heavy (non-hydrogen) atoms. The fourth-order valence-corrected chi connectivity index (χ4v) is 4.69. The van der Waals surface area contributed by atoms with Gasteiger partial charge in [-0.3, -0.25) is 4.40 Å². The predicted octanol–water partition coefficient (Wildman–Crippen LogP) is 3.20. The second-order valence-electron chi connectivity index (χ2n) is 7.07. The molecule has 1 fully saturated rings. The number of nitrogens with one attached hydrogen (secondary N) is 1. The highest BCUT2D eigenvalue weighted by Crippen LogP contribution is 2.42. The number of rotatable bonds is 5. The summed E-state index contributed by atoms with van der Waals surface area (Å²) in [6.07, 6.45) is 6.39. The van der Waals surface area contributed by atoms with E-state index in [1.807, 2.05) is 6.07 Å². The fourth-order valence-electron chi connectivity index (χ4n) is 3.95. The average Bonchev–Trinajstić information content (AvgIpc) is 3.10. The zero-order chi connectivity index (χ0) is 16.1. The Labute approximate surface area is 145 Å². The Kier molecular flexibility index (Phi) is 3.30. The summed E-state index contributed by atoms with van der Waals surface area (Å²) in [6.45, 7) is 1.35. The molecular weight excluding hydrogens is 318 g/mol. The van der Waals surface area contributed by atoms with Gasteiger partial charge in [0.2, 0.25) is 0 Å². The van der Waals surface area contributed by atoms with Gasteiger partial charge in [0.05, 0.1) is 11.4 Å². The van der Waals surface area contributed by atoms with E-state index in [0.717, 1.165) is 29.9 Å². The first-order chi connectivity index (χ1) is 11.7. The van der Waals surface area contributed by atoms with Crippen LogP contribution >= 0.6 is 11.3 Å². The van der Waals surface area contributed by atoms with Crippen LogP contribution in [-0.4, -0.2) is 21.0 Å². The largest absolute Gasteiger partial charge is 0.384 e. The summed E-state index contributed by atoms with van der Waals surface area (Å²) >= 11 is 1.69. The van der Waals surface area contributed by atoms with Gasteiger partial charge in [0.15, 0.2) is 4.96 Å². The van der Waals surface area contributed by atoms with Crippen LogP contribution in [0, 0.1) is 0 Å². The molecule has 5 heteroatoms. The Bertz CT molecular complexity index is 895. The Morgan fingerprint density at radius 3 is 3.08 bits per heavy atom. The molecule has 0 radical (unpaired) electrons. The van der Waals surface area contributed by atoms with Gasteiger partial charge in [0, 0.05) is 30.6 Å². The maximum atomic E-state index is 11.1. The molecule has 0 saturated heterocycles. The molecule has 124 valence electrons. The highest BCUT2D eigenvalue weighted by Gasteiger charge is 2.36. The van der Waals surface area contributed by atoms with Crippen molar-refractivity contribution in [2.45, 2.75) is 43.7 Å². The van der Waals surface area contributed by atoms with Crippen LogP contribution in [0.3, 0.4) is 0 Å². The van der Waals surface area contributed by atoms with E-state index in [2.05, 4.69) is 39.5 Å². The Hall–Kier alpha value is -1.69. The lowest BCUT2D eigenvalue weighted by atomic mass is 9.96. The van der Waals surface area contributed by atoms with E-state index >= 15 is 0 Å². The van der Waals surface area contributed by atoms with Crippen LogP contribution in [-0.2, 0) is 18.6 Å². The zero-order valence-electron chi connectivity index (χ0n) is 13.5. The molecule has 3 aromatic rings. The topological polar surface area (TPSA) is 49.6 Å². The third-order valence-corrected chi connectivity index (χ3v) is 6.15. The summed E-state index contributed by atoms with van der Waals surface area (Å²) in [5, 5.41) is 16.6. The standard InChI is InChI=1S/C19H21N3OS/c23-19(8-7-13-3-1-2-4-15(13)19)12-20-11-16-17(14-5-6-14)21-18-22(16)9-10-24-18/h1-4,9-10,14,20,23H,5-8,11-12H2. The van der Waals surface area contributed by atoms with Crippen LogP contribution in [0.15, 0.2) is 35.8 Å². The van der Waals surface area contributed by atoms with Crippen molar-refractivity contribution in [2.24, 2.45) is 0 Å². The van der Waals surface area contributed by atoms with Gasteiger partial charge in [-0.2, -0.15) is 0 Å². The first-order valence-electron chi connectivity index (χ1n) is 8.70. The number of hydrogen-bond acceptors (Lipinski definition) is 4. The molecule has 1 atom stereocenters. The number of aliphatic hydroxyl groups is 1. The van der Waals surface area contributed by atoms with E-state index in [9.17, 15) is 5.11 Å². The second kappa shape index (κ2) is 5.41. The highest BCUT2D eigenvalue weighted by molar-refractivity contribution is 7.15. The SMILES string of the molecule is OC1(CNCc2c(C3CC3)nc3sccn23)CCc2ccccc21. The number of thiazole rings is 1. The number of benzene rings is 1. The third-order valence-electron chi connectivity index (χ3n) is 5.39. The number of nitrogens with zero attached hydrogens (tertiary/aromatic N) is 2. The van der Waals surface area contributed by atoms with Crippen LogP contribution < -0.4 is 5.32 Å². The maximum absolute atomic E-state index is 11.1. The van der Waals surface area contributed by atoms with Crippen molar-refractivity contribution >= 4 is 16.3 Å². The van der Waals surface area contributed by atoms with Gasteiger partial charge in [0.25, 0.3) is 0 Å². The van der Waals surface area contributed by atoms with Gasteiger partial charge in [-0.1, -0.05) is 24.3 Å². The molecule has 2 aromatic heterocycles. The molecule has 1 aromatic carbocycles. The minimum absolute atomic E-state index is 0.589. The quantitative estimate of drug-likeness (QED) is 0.750. The molecule has 1 unspecified atom stereocenters. The Morgan fingerprint density at radius 1 is 1.33 bits per heavy atom. The molecule has 2 N–H and O–H groups in total. The molecule has 0 amide bonds. The van der Waals surface area contributed by atoms with E-state index in [1.165, 1.54) is 29.8 Å². The van der Waals surface area contributed by atoms with Crippen molar-refractivity contribution in [1.82, 2.24) is 14.7 Å². The molecule has 1 saturated carbocycles. The first kappa shape index (κ1) is 14.6. The lowest BCUT2D eigenvalue weighted by Gasteiger charge is -2.24. The van der Waals surface area contributed by atoms with Crippen LogP contribution in [0.5, 0.6) is 0 Å². The summed E-state index contributed by atoms with van der Waals surface area (Å²) in [4.78, 5) is 5.90. The van der Waals surface area contributed by atoms with Crippen molar-refractivity contribution in [3.8, 4) is 0 Å². The van der Waals surface area contributed by atoms with Crippen LogP contribution in [0.25, 0.3) is 4.96 Å². The Morgan fingerprint density at radius 2 is 2.21 bits per heavy atom. The van der Waals surface area contributed by atoms with Gasteiger partial charge in [-0.15, -0.1) is 11.3 Å². The molecule has 4 nitrogen and oxygen atoms in total. The van der Waals surface area contributed by atoms with Gasteiger partial charge in [0.1, 0.15) is 5.60 Å². The summed E-state index contributed by atoms with van der Waals surface area (Å²) in [5.41, 5.74) is 4.16. The number of hydrogen-bond donors (Lipinski definition) is 2. The molecule has 2 aliphatic carbocycles. The zero-order valence-corrected chi connectivity index (χ0v) is 14.4. The smallest absolute Gasteiger partial charge is 0.194 e. The van der Waals surface area contributed by atoms with Gasteiger partial charge < -0.3 is 10.4 Å². The maximum Gasteiger partial charge on any atom is 0.194 e. The molecular formula is C19H21N3OS. The minimum atomic E-state index is -0.741. The number of aryl methyl sites for hydroxylation is 1. The fraction of sp³-hybridized carbons (Fsp3) is 0.421. The van der Waals surface area contributed by atoms with E-state index in [1.54, 1.807) is 11.3 Å². The average molecular weight is 339 g/mol. The van der Waals surface area contributed by atoms with E-state index in [4.69, 9.17) is 4.98 Å². The number of fused-ring (bicyclic) bond motifs is 2. The number of imidazole rings is 1. The third kappa shape index (κ3) is 2.31. The Balaban J connectivity index is 1.35. The first-order valence-corrected chi connectivity index (χ1v) is 9.58. The van der Waals surface area contributed by atoms with Crippen molar-refractivity contribution in [3.63, 3.8) is 0 Å². The normalized spacial score (nSPS) is 23.0. The minimum Gasteiger partial charge on any atom is -0.384 e. The predicted molar refractivity (Wildman–Crippen MR) is 95.4 cm³/mol. The molecule has 5 rings (SSSR count). The van der Waals surface area contributed by atoms with E-state index < -0.39 is 5.60 Å². The van der Waals surface area contributed by atoms with Crippen molar-refractivity contribution < 1.29 is 5.11 Å². The van der Waals surface area contributed by atoms with Gasteiger partial charge in [-0.25, -0.2) is 4.98 Å². The van der Waals surface area contributed by atoms with Crippen molar-refractivity contribution in [3.05, 3.63) is 58.4 Å². The second-order valence-corrected chi connectivity index (χ2v) is 7.94. The highest BCUT2D eigenvalue weighted by atomic mass is 32.1. The van der Waals surface area contributed by atoms with Crippen molar-refractivity contribution in [1.29, 1.82) is 0 Å². The molecule has 0 spiro atoms. The molecule has 2 aliphatic rings. The lowest BCUT2D eigenvalue weighted by Crippen LogP contribution is -2.36. The van der Waals surface area contributed by atoms with Gasteiger partial charge in [-0.05, 0) is 36.8 Å². The summed E-state index contributed by atoms with van der Waals surface area (Å²) in [6, 6.07) is 8.27. The van der Waals surface area contributed by atoms with Crippen LogP contribution in [0.4, 0.5) is 0 Å². The molecule has 0 aliphatic heterocycles. The van der Waals surface area contributed by atoms with E-state index in [0.29, 0.717) is 12.5 Å². The molecule has 2 heterocycles. The van der Waals surface area contributed by atoms with Crippen LogP contribution in [0.1, 0.15) is 47.7 Å². The van der Waals surface area contributed by atoms with E-state index in [-0.39, 0.29) is 0 Å². The molecule has 0 bridgehead atoms. The summed E-state index contributed by atoms with van der Waals surface area (Å²) < 4.78 is 2.21. The van der Waals surface area contributed by atoms with Crippen molar-refractivity contribution in [2.75, 3.05) is 6.54 Å². The summed E-state index contributed by atoms with van der Waals surface area (Å²) in [7, 11) is 0. The van der Waals surface area contributed by atoms with Gasteiger partial charge >= 0.3 is 0 Å². The lowest BCUT2D eigenvalue weighted by molar-refractivity contribution is 0.0383. The monoisotopic (exact) mass is 339 g/mol. The summed E-state index contributed by atoms with van der Waals surface area (Å²) in [5.74, 6) is 0.643. The number of aromatic nitrogens is 2. The van der Waals surface area contributed by atoms with Crippen LogP contribution in [0.2, 0.25) is 0 Å².